The van der Waals surface area contributed by atoms with Gasteiger partial charge in [0.1, 0.15) is 23.0 Å². The summed E-state index contributed by atoms with van der Waals surface area (Å²) in [7, 11) is 1.64. The first-order valence-electron chi connectivity index (χ1n) is 8.56. The summed E-state index contributed by atoms with van der Waals surface area (Å²) >= 11 is 1.48. The molecule has 0 fully saturated rings. The summed E-state index contributed by atoms with van der Waals surface area (Å²) in [5.74, 6) is 1.49. The van der Waals surface area contributed by atoms with Gasteiger partial charge in [-0.1, -0.05) is 6.92 Å². The topological polar surface area (TPSA) is 156 Å². The van der Waals surface area contributed by atoms with E-state index in [1.54, 1.807) is 31.5 Å². The lowest BCUT2D eigenvalue weighted by Crippen LogP contribution is -2.25. The Labute approximate surface area is 180 Å². The van der Waals surface area contributed by atoms with Crippen molar-refractivity contribution in [2.24, 2.45) is 7.05 Å². The zero-order chi connectivity index (χ0) is 21.4. The average Bonchev–Trinajstić information content (AvgIpc) is 2.97. The Bertz CT molecular complexity index is 1110. The van der Waals surface area contributed by atoms with Crippen LogP contribution in [0.4, 0.5) is 13.2 Å². The highest BCUT2D eigenvalue weighted by atomic mass is 32.2. The van der Waals surface area contributed by atoms with Crippen LogP contribution in [0.15, 0.2) is 23.2 Å². The Balaban J connectivity index is 0.00000240. The second kappa shape index (κ2) is 9.46. The molecule has 0 unspecified atom stereocenters. The molecule has 0 saturated carbocycles. The monoisotopic (exact) mass is 457 g/mol. The predicted octanol–water partition coefficient (Wildman–Crippen LogP) is 3.57. The minimum absolute atomic E-state index is 0. The number of fused-ring (bicyclic) bond motifs is 1. The lowest BCUT2D eigenvalue weighted by Gasteiger charge is -2.19. The van der Waals surface area contributed by atoms with E-state index in [0.29, 0.717) is 17.3 Å². The molecule has 0 saturated heterocycles. The van der Waals surface area contributed by atoms with Crippen LogP contribution in [0.3, 0.4) is 0 Å². The lowest BCUT2D eigenvalue weighted by atomic mass is 10.2. The molecule has 168 valence electrons. The zero-order valence-electron chi connectivity index (χ0n) is 17.3. The number of rotatable bonds is 5. The largest absolute Gasteiger partial charge is 0.471 e. The van der Waals surface area contributed by atoms with E-state index in [-0.39, 0.29) is 22.8 Å². The van der Waals surface area contributed by atoms with Gasteiger partial charge in [0.05, 0.1) is 6.20 Å². The number of ether oxygens (including phenoxy) is 1. The third-order valence-electron chi connectivity index (χ3n) is 3.89. The zero-order valence-corrected chi connectivity index (χ0v) is 18.1. The van der Waals surface area contributed by atoms with Gasteiger partial charge in [0.15, 0.2) is 22.8 Å². The summed E-state index contributed by atoms with van der Waals surface area (Å²) in [6.07, 6.45) is -3.15. The van der Waals surface area contributed by atoms with E-state index in [1.165, 1.54) is 18.0 Å². The Hall–Kier alpha value is -2.95. The normalized spacial score (nSPS) is 11.4. The first kappa shape index (κ1) is 26.1. The Kier molecular flexibility index (Phi) is 7.96. The minimum Gasteiger partial charge on any atom is -0.471 e. The standard InChI is InChI=1S/C18H17F3N6OS.H3N.H2O/c1-5-29-12-6-10(28-17(2,3)9-22)8-23-14(12)16-24-11-7-13(18(19,20)21)25-26-15(11)27(16)4;;/h6-8H,5H2,1-4H3;1H3;1H2. The molecule has 0 aliphatic rings. The molecule has 0 atom stereocenters. The van der Waals surface area contributed by atoms with Crippen LogP contribution in [0.25, 0.3) is 22.7 Å². The fraction of sp³-hybridized carbons (Fsp3) is 0.389. The molecule has 13 heteroatoms. The molecule has 3 aromatic rings. The number of halogens is 3. The van der Waals surface area contributed by atoms with Crippen molar-refractivity contribution < 1.29 is 23.4 Å². The number of alkyl halides is 3. The van der Waals surface area contributed by atoms with Crippen LogP contribution in [0.1, 0.15) is 26.5 Å². The van der Waals surface area contributed by atoms with Gasteiger partial charge in [0.2, 0.25) is 0 Å². The Morgan fingerprint density at radius 2 is 1.90 bits per heavy atom. The van der Waals surface area contributed by atoms with Crippen molar-refractivity contribution in [1.82, 2.24) is 30.9 Å². The fourth-order valence-corrected chi connectivity index (χ4v) is 3.36. The highest BCUT2D eigenvalue weighted by Crippen LogP contribution is 2.35. The summed E-state index contributed by atoms with van der Waals surface area (Å²) in [6, 6.07) is 4.66. The lowest BCUT2D eigenvalue weighted by molar-refractivity contribution is -0.141. The van der Waals surface area contributed by atoms with Crippen LogP contribution in [-0.2, 0) is 13.2 Å². The van der Waals surface area contributed by atoms with Crippen LogP contribution in [-0.4, -0.2) is 41.6 Å². The molecule has 31 heavy (non-hydrogen) atoms. The number of aryl methyl sites for hydroxylation is 1. The van der Waals surface area contributed by atoms with E-state index >= 15 is 0 Å². The molecule has 3 rings (SSSR count). The van der Waals surface area contributed by atoms with E-state index in [0.717, 1.165) is 16.7 Å². The number of pyridine rings is 1. The summed E-state index contributed by atoms with van der Waals surface area (Å²) in [5.41, 5.74) is -1.36. The van der Waals surface area contributed by atoms with Gasteiger partial charge in [-0.05, 0) is 25.7 Å². The van der Waals surface area contributed by atoms with Crippen LogP contribution >= 0.6 is 11.8 Å². The summed E-state index contributed by atoms with van der Waals surface area (Å²) in [4.78, 5) is 9.44. The number of hydrogen-bond donors (Lipinski definition) is 1. The maximum Gasteiger partial charge on any atom is 0.435 e. The van der Waals surface area contributed by atoms with Gasteiger partial charge < -0.3 is 20.9 Å². The van der Waals surface area contributed by atoms with Gasteiger partial charge in [-0.25, -0.2) is 9.97 Å². The van der Waals surface area contributed by atoms with Crippen LogP contribution in [0.5, 0.6) is 5.75 Å². The third kappa shape index (κ3) is 5.40. The van der Waals surface area contributed by atoms with E-state index in [4.69, 9.17) is 10.00 Å². The van der Waals surface area contributed by atoms with E-state index in [9.17, 15) is 13.2 Å². The van der Waals surface area contributed by atoms with Crippen LogP contribution < -0.4 is 10.9 Å². The maximum absolute atomic E-state index is 12.9. The van der Waals surface area contributed by atoms with Gasteiger partial charge in [-0.2, -0.15) is 18.4 Å². The van der Waals surface area contributed by atoms with Crippen LogP contribution in [0, 0.1) is 11.3 Å². The number of nitriles is 1. The molecule has 3 aromatic heterocycles. The molecule has 0 bridgehead atoms. The molecule has 0 spiro atoms. The molecule has 0 radical (unpaired) electrons. The third-order valence-corrected chi connectivity index (χ3v) is 4.80. The number of hydrogen-bond acceptors (Lipinski definition) is 8. The summed E-state index contributed by atoms with van der Waals surface area (Å²) in [5, 5.41) is 16.1. The smallest absolute Gasteiger partial charge is 0.435 e. The first-order chi connectivity index (χ1) is 13.6. The Morgan fingerprint density at radius 3 is 2.48 bits per heavy atom. The molecule has 0 aromatic carbocycles. The second-order valence-electron chi connectivity index (χ2n) is 6.61. The molecule has 0 aliphatic heterocycles. The molecule has 5 N–H and O–H groups in total. The number of nitrogens with zero attached hydrogens (tertiary/aromatic N) is 6. The average molecular weight is 457 g/mol. The van der Waals surface area contributed by atoms with Crippen molar-refractivity contribution in [1.29, 1.82) is 5.26 Å². The van der Waals surface area contributed by atoms with Crippen molar-refractivity contribution in [2.75, 3.05) is 5.75 Å². The quantitative estimate of drug-likeness (QED) is 0.570. The first-order valence-corrected chi connectivity index (χ1v) is 9.55. The van der Waals surface area contributed by atoms with Gasteiger partial charge in [-0.15, -0.1) is 22.0 Å². The van der Waals surface area contributed by atoms with Crippen molar-refractivity contribution in [3.05, 3.63) is 24.0 Å². The maximum atomic E-state index is 12.9. The molecule has 3 heterocycles. The second-order valence-corrected chi connectivity index (χ2v) is 7.91. The SMILES string of the molecule is CCSc1cc(OC(C)(C)C#N)cnc1-c1nc2cc(C(F)(F)F)nnc2n1C.N.O. The van der Waals surface area contributed by atoms with Crippen molar-refractivity contribution in [3.63, 3.8) is 0 Å². The van der Waals surface area contributed by atoms with Crippen LogP contribution in [0.2, 0.25) is 0 Å². The highest BCUT2D eigenvalue weighted by molar-refractivity contribution is 7.99. The van der Waals surface area contributed by atoms with E-state index in [2.05, 4.69) is 26.2 Å². The molecule has 0 amide bonds. The van der Waals surface area contributed by atoms with Crippen molar-refractivity contribution in [2.45, 2.75) is 37.4 Å². The van der Waals surface area contributed by atoms with Gasteiger partial charge in [0.25, 0.3) is 0 Å². The fourth-order valence-electron chi connectivity index (χ4n) is 2.57. The number of aromatic nitrogens is 5. The summed E-state index contributed by atoms with van der Waals surface area (Å²) in [6.45, 7) is 5.23. The molecular formula is C18H22F3N7O2S. The predicted molar refractivity (Wildman–Crippen MR) is 110 cm³/mol. The highest BCUT2D eigenvalue weighted by Gasteiger charge is 2.34. The van der Waals surface area contributed by atoms with Crippen molar-refractivity contribution in [3.8, 4) is 23.3 Å². The van der Waals surface area contributed by atoms with E-state index in [1.807, 2.05) is 6.92 Å². The number of imidazole rings is 1. The molecule has 0 aliphatic carbocycles. The number of thioether (sulfide) groups is 1. The molecule has 9 nitrogen and oxygen atoms in total. The summed E-state index contributed by atoms with van der Waals surface area (Å²) < 4.78 is 46.0. The van der Waals surface area contributed by atoms with Gasteiger partial charge >= 0.3 is 6.18 Å². The Morgan fingerprint density at radius 1 is 1.23 bits per heavy atom. The molecular weight excluding hydrogens is 435 g/mol. The van der Waals surface area contributed by atoms with Gasteiger partial charge in [0, 0.05) is 18.0 Å². The van der Waals surface area contributed by atoms with E-state index < -0.39 is 17.5 Å². The van der Waals surface area contributed by atoms with Gasteiger partial charge in [-0.3, -0.25) is 0 Å². The minimum atomic E-state index is -4.60. The van der Waals surface area contributed by atoms with Crippen molar-refractivity contribution >= 4 is 22.9 Å².